The molecule has 1 heterocycles. The Hall–Kier alpha value is -2.22. The number of thiophene rings is 1. The Kier molecular flexibility index (Phi) is 10.7. The van der Waals surface area contributed by atoms with Crippen molar-refractivity contribution < 1.29 is 9.59 Å². The molecular weight excluding hydrogens is 408 g/mol. The zero-order valence-electron chi connectivity index (χ0n) is 18.6. The molecule has 0 saturated heterocycles. The molecule has 0 spiro atoms. The Morgan fingerprint density at radius 3 is 2.32 bits per heavy atom. The summed E-state index contributed by atoms with van der Waals surface area (Å²) in [4.78, 5) is 28.0. The molecule has 0 aliphatic rings. The second-order valence-electron chi connectivity index (χ2n) is 8.29. The molecule has 0 aliphatic carbocycles. The standard InChI is InChI=1S/C24H36N4O2S/c1-17(2)15-21(26)23(29)28-22(16-18-7-4-3-5-8-18)24(30)27-14-12-20-11-10-19(31-20)9-6-13-25/h3-5,7-8,10-11,17,21-22H,6,9,12-16,25-26H2,1-2H3,(H,27,30)(H,28,29)/t21-,22-/m0/s1. The lowest BCUT2D eigenvalue weighted by atomic mass is 10.0. The first-order valence-corrected chi connectivity index (χ1v) is 11.9. The Labute approximate surface area is 189 Å². The number of hydrogen-bond donors (Lipinski definition) is 4. The van der Waals surface area contributed by atoms with Crippen LogP contribution in [0.2, 0.25) is 0 Å². The maximum Gasteiger partial charge on any atom is 0.242 e. The van der Waals surface area contributed by atoms with E-state index in [1.807, 2.05) is 44.2 Å². The van der Waals surface area contributed by atoms with Crippen LogP contribution in [0.4, 0.5) is 0 Å². The molecule has 6 N–H and O–H groups in total. The van der Waals surface area contributed by atoms with Crippen molar-refractivity contribution in [3.8, 4) is 0 Å². The average Bonchev–Trinajstić information content (AvgIpc) is 3.19. The van der Waals surface area contributed by atoms with Gasteiger partial charge in [0.15, 0.2) is 0 Å². The molecule has 0 aliphatic heterocycles. The van der Waals surface area contributed by atoms with Crippen molar-refractivity contribution in [2.75, 3.05) is 13.1 Å². The molecule has 1 aromatic heterocycles. The predicted octanol–water partition coefficient (Wildman–Crippen LogP) is 2.40. The van der Waals surface area contributed by atoms with E-state index in [4.69, 9.17) is 11.5 Å². The van der Waals surface area contributed by atoms with Gasteiger partial charge in [-0.25, -0.2) is 0 Å². The highest BCUT2D eigenvalue weighted by molar-refractivity contribution is 7.11. The zero-order chi connectivity index (χ0) is 22.6. The van der Waals surface area contributed by atoms with Crippen LogP contribution in [0.25, 0.3) is 0 Å². The number of hydrogen-bond acceptors (Lipinski definition) is 5. The topological polar surface area (TPSA) is 110 Å². The van der Waals surface area contributed by atoms with E-state index in [1.165, 1.54) is 9.75 Å². The Morgan fingerprint density at radius 2 is 1.68 bits per heavy atom. The number of aryl methyl sites for hydroxylation is 1. The zero-order valence-corrected chi connectivity index (χ0v) is 19.4. The van der Waals surface area contributed by atoms with Crippen molar-refractivity contribution in [2.45, 2.75) is 58.0 Å². The molecule has 2 amide bonds. The van der Waals surface area contributed by atoms with Crippen LogP contribution in [0, 0.1) is 5.92 Å². The summed E-state index contributed by atoms with van der Waals surface area (Å²) >= 11 is 1.76. The molecule has 2 atom stereocenters. The first kappa shape index (κ1) is 25.0. The van der Waals surface area contributed by atoms with Crippen LogP contribution < -0.4 is 22.1 Å². The van der Waals surface area contributed by atoms with E-state index in [-0.39, 0.29) is 11.8 Å². The van der Waals surface area contributed by atoms with Crippen LogP contribution in [-0.4, -0.2) is 37.0 Å². The third kappa shape index (κ3) is 9.21. The second-order valence-corrected chi connectivity index (χ2v) is 9.54. The molecule has 0 saturated carbocycles. The fourth-order valence-electron chi connectivity index (χ4n) is 3.35. The summed E-state index contributed by atoms with van der Waals surface area (Å²) < 4.78 is 0. The van der Waals surface area contributed by atoms with Crippen LogP contribution in [0.1, 0.15) is 42.0 Å². The van der Waals surface area contributed by atoms with Gasteiger partial charge in [0, 0.05) is 22.7 Å². The Balaban J connectivity index is 1.93. The molecule has 2 aromatic rings. The maximum atomic E-state index is 12.9. The number of rotatable bonds is 13. The maximum absolute atomic E-state index is 12.9. The van der Waals surface area contributed by atoms with Crippen molar-refractivity contribution in [3.63, 3.8) is 0 Å². The third-order valence-electron chi connectivity index (χ3n) is 4.99. The first-order valence-electron chi connectivity index (χ1n) is 11.0. The summed E-state index contributed by atoms with van der Waals surface area (Å²) in [5, 5.41) is 5.84. The number of carbonyl (C=O) groups is 2. The molecule has 6 nitrogen and oxygen atoms in total. The highest BCUT2D eigenvalue weighted by atomic mass is 32.1. The molecule has 0 radical (unpaired) electrons. The van der Waals surface area contributed by atoms with Gasteiger partial charge >= 0.3 is 0 Å². The predicted molar refractivity (Wildman–Crippen MR) is 128 cm³/mol. The van der Waals surface area contributed by atoms with Gasteiger partial charge in [-0.15, -0.1) is 11.3 Å². The summed E-state index contributed by atoms with van der Waals surface area (Å²) in [5.41, 5.74) is 12.6. The number of amides is 2. The number of carbonyl (C=O) groups excluding carboxylic acids is 2. The number of nitrogens with two attached hydrogens (primary N) is 2. The normalized spacial score (nSPS) is 13.1. The quantitative estimate of drug-likeness (QED) is 0.380. The molecule has 170 valence electrons. The molecule has 2 rings (SSSR count). The fraction of sp³-hybridized carbons (Fsp3) is 0.500. The van der Waals surface area contributed by atoms with Crippen molar-refractivity contribution in [1.82, 2.24) is 10.6 Å². The van der Waals surface area contributed by atoms with Gasteiger partial charge in [0.2, 0.25) is 11.8 Å². The largest absolute Gasteiger partial charge is 0.354 e. The average molecular weight is 445 g/mol. The van der Waals surface area contributed by atoms with E-state index in [0.29, 0.717) is 31.8 Å². The molecular formula is C24H36N4O2S. The van der Waals surface area contributed by atoms with Gasteiger partial charge in [0.05, 0.1) is 6.04 Å². The van der Waals surface area contributed by atoms with Crippen LogP contribution >= 0.6 is 11.3 Å². The third-order valence-corrected chi connectivity index (χ3v) is 6.20. The Bertz CT molecular complexity index is 807. The first-order chi connectivity index (χ1) is 14.9. The minimum absolute atomic E-state index is 0.186. The summed E-state index contributed by atoms with van der Waals surface area (Å²) in [5.74, 6) is -0.163. The van der Waals surface area contributed by atoms with Crippen LogP contribution in [0.5, 0.6) is 0 Å². The lowest BCUT2D eigenvalue weighted by molar-refractivity contribution is -0.129. The lowest BCUT2D eigenvalue weighted by Gasteiger charge is -2.21. The minimum Gasteiger partial charge on any atom is -0.354 e. The van der Waals surface area contributed by atoms with Crippen molar-refractivity contribution in [2.24, 2.45) is 17.4 Å². The second kappa shape index (κ2) is 13.2. The van der Waals surface area contributed by atoms with E-state index < -0.39 is 12.1 Å². The smallest absolute Gasteiger partial charge is 0.242 e. The molecule has 0 fully saturated rings. The van der Waals surface area contributed by atoms with Crippen LogP contribution in [0.15, 0.2) is 42.5 Å². The van der Waals surface area contributed by atoms with E-state index in [0.717, 1.165) is 24.8 Å². The lowest BCUT2D eigenvalue weighted by Crippen LogP contribution is -2.53. The van der Waals surface area contributed by atoms with Crippen molar-refractivity contribution in [1.29, 1.82) is 0 Å². The fourth-order valence-corrected chi connectivity index (χ4v) is 4.41. The summed E-state index contributed by atoms with van der Waals surface area (Å²) in [6.07, 6.45) is 3.75. The van der Waals surface area contributed by atoms with Gasteiger partial charge in [-0.05, 0) is 55.8 Å². The van der Waals surface area contributed by atoms with E-state index in [2.05, 4.69) is 22.8 Å². The number of nitrogens with one attached hydrogen (secondary N) is 2. The Morgan fingerprint density at radius 1 is 1.00 bits per heavy atom. The van der Waals surface area contributed by atoms with Gasteiger partial charge in [-0.2, -0.15) is 0 Å². The molecule has 31 heavy (non-hydrogen) atoms. The van der Waals surface area contributed by atoms with Gasteiger partial charge in [0.25, 0.3) is 0 Å². The van der Waals surface area contributed by atoms with E-state index >= 15 is 0 Å². The minimum atomic E-state index is -0.656. The van der Waals surface area contributed by atoms with Gasteiger partial charge in [0.1, 0.15) is 6.04 Å². The molecule has 0 bridgehead atoms. The van der Waals surface area contributed by atoms with E-state index in [1.54, 1.807) is 11.3 Å². The van der Waals surface area contributed by atoms with Crippen molar-refractivity contribution >= 4 is 23.2 Å². The molecule has 1 aromatic carbocycles. The number of benzene rings is 1. The molecule has 0 unspecified atom stereocenters. The van der Waals surface area contributed by atoms with Crippen molar-refractivity contribution in [3.05, 3.63) is 57.8 Å². The monoisotopic (exact) mass is 444 g/mol. The highest BCUT2D eigenvalue weighted by Gasteiger charge is 2.24. The highest BCUT2D eigenvalue weighted by Crippen LogP contribution is 2.18. The molecule has 7 heteroatoms. The van der Waals surface area contributed by atoms with Gasteiger partial charge < -0.3 is 22.1 Å². The SMILES string of the molecule is CC(C)C[C@H](N)C(=O)N[C@@H](Cc1ccccc1)C(=O)NCCc1ccc(CCCN)s1. The summed E-state index contributed by atoms with van der Waals surface area (Å²) in [7, 11) is 0. The van der Waals surface area contributed by atoms with Gasteiger partial charge in [-0.1, -0.05) is 44.2 Å². The van der Waals surface area contributed by atoms with Crippen LogP contribution in [-0.2, 0) is 28.9 Å². The van der Waals surface area contributed by atoms with Crippen LogP contribution in [0.3, 0.4) is 0 Å². The van der Waals surface area contributed by atoms with E-state index in [9.17, 15) is 9.59 Å². The summed E-state index contributed by atoms with van der Waals surface area (Å²) in [6, 6.07) is 12.7. The van der Waals surface area contributed by atoms with Gasteiger partial charge in [-0.3, -0.25) is 9.59 Å². The summed E-state index contributed by atoms with van der Waals surface area (Å²) in [6.45, 7) is 5.26.